The molecule has 0 saturated heterocycles. The van der Waals surface area contributed by atoms with Crippen LogP contribution in [0.1, 0.15) is 38.2 Å². The number of methoxy groups -OCH3 is 2. The normalized spacial score (nSPS) is 10.6. The highest BCUT2D eigenvalue weighted by Crippen LogP contribution is 2.31. The maximum atomic E-state index is 12.7. The molecule has 2 rings (SSSR count). The van der Waals surface area contributed by atoms with Gasteiger partial charge in [0.15, 0.2) is 11.5 Å². The van der Waals surface area contributed by atoms with Crippen molar-refractivity contribution in [1.29, 1.82) is 0 Å². The molecule has 0 radical (unpaired) electrons. The Labute approximate surface area is 148 Å². The quantitative estimate of drug-likeness (QED) is 0.785. The van der Waals surface area contributed by atoms with Crippen LogP contribution in [0.4, 0.5) is 0 Å². The number of hydrogen-bond donors (Lipinski definition) is 0. The molecule has 0 aliphatic carbocycles. The van der Waals surface area contributed by atoms with Crippen LogP contribution in [-0.2, 0) is 13.0 Å². The molecule has 0 spiro atoms. The topological polar surface area (TPSA) is 38.8 Å². The number of nitrogens with zero attached hydrogens (tertiary/aromatic N) is 1. The van der Waals surface area contributed by atoms with Gasteiger partial charge < -0.3 is 14.4 Å². The third-order valence-electron chi connectivity index (χ3n) is 4.15. The van der Waals surface area contributed by atoms with E-state index in [1.54, 1.807) is 30.5 Å². The molecule has 5 heteroatoms. The van der Waals surface area contributed by atoms with Gasteiger partial charge in [0.2, 0.25) is 0 Å². The van der Waals surface area contributed by atoms with E-state index in [9.17, 15) is 4.79 Å². The Morgan fingerprint density at radius 3 is 2.25 bits per heavy atom. The van der Waals surface area contributed by atoms with Crippen LogP contribution < -0.4 is 9.47 Å². The molecule has 130 valence electrons. The van der Waals surface area contributed by atoms with E-state index in [-0.39, 0.29) is 5.91 Å². The fourth-order valence-corrected chi connectivity index (χ4v) is 3.79. The van der Waals surface area contributed by atoms with Gasteiger partial charge in [-0.1, -0.05) is 6.92 Å². The van der Waals surface area contributed by atoms with Crippen LogP contribution in [0.15, 0.2) is 18.2 Å². The number of ether oxygens (including phenoxy) is 2. The summed E-state index contributed by atoms with van der Waals surface area (Å²) >= 11 is 1.59. The minimum atomic E-state index is 0.0528. The summed E-state index contributed by atoms with van der Waals surface area (Å²) in [6, 6.07) is 5.87. The Balaban J connectivity index is 2.22. The summed E-state index contributed by atoms with van der Waals surface area (Å²) in [5.41, 5.74) is 3.32. The lowest BCUT2D eigenvalue weighted by Gasteiger charge is -2.19. The highest BCUT2D eigenvalue weighted by molar-refractivity contribution is 7.14. The Morgan fingerprint density at radius 2 is 1.71 bits per heavy atom. The highest BCUT2D eigenvalue weighted by atomic mass is 32.1. The monoisotopic (exact) mass is 347 g/mol. The highest BCUT2D eigenvalue weighted by Gasteiger charge is 2.18. The predicted molar refractivity (Wildman–Crippen MR) is 98.5 cm³/mol. The Kier molecular flexibility index (Phi) is 5.89. The number of carbonyl (C=O) groups excluding carboxylic acids is 1. The second kappa shape index (κ2) is 7.71. The van der Waals surface area contributed by atoms with Crippen LogP contribution in [0.25, 0.3) is 0 Å². The number of aryl methyl sites for hydroxylation is 3. The van der Waals surface area contributed by atoms with Gasteiger partial charge in [-0.25, -0.2) is 0 Å². The average molecular weight is 347 g/mol. The maximum absolute atomic E-state index is 12.7. The molecule has 0 saturated carbocycles. The minimum Gasteiger partial charge on any atom is -0.493 e. The Morgan fingerprint density at radius 1 is 1.08 bits per heavy atom. The van der Waals surface area contributed by atoms with E-state index in [1.807, 2.05) is 32.2 Å². The molecule has 0 N–H and O–H groups in total. The van der Waals surface area contributed by atoms with E-state index in [0.717, 1.165) is 22.4 Å². The van der Waals surface area contributed by atoms with Gasteiger partial charge in [-0.15, -0.1) is 11.3 Å². The molecule has 0 unspecified atom stereocenters. The van der Waals surface area contributed by atoms with Gasteiger partial charge in [0.1, 0.15) is 0 Å². The van der Waals surface area contributed by atoms with Gasteiger partial charge in [0, 0.05) is 18.5 Å². The number of thiophene rings is 1. The number of hydrogen-bond acceptors (Lipinski definition) is 4. The smallest absolute Gasteiger partial charge is 0.263 e. The lowest BCUT2D eigenvalue weighted by Crippen LogP contribution is -2.25. The van der Waals surface area contributed by atoms with Gasteiger partial charge in [0.05, 0.1) is 19.1 Å². The van der Waals surface area contributed by atoms with Crippen LogP contribution >= 0.6 is 11.3 Å². The van der Waals surface area contributed by atoms with Crippen molar-refractivity contribution < 1.29 is 14.3 Å². The predicted octanol–water partition coefficient (Wildman–Crippen LogP) is 4.22. The van der Waals surface area contributed by atoms with Crippen LogP contribution in [0, 0.1) is 13.8 Å². The molecule has 2 aromatic rings. The average Bonchev–Trinajstić information content (AvgIpc) is 2.96. The van der Waals surface area contributed by atoms with E-state index in [4.69, 9.17) is 9.47 Å². The second-order valence-corrected chi connectivity index (χ2v) is 7.00. The summed E-state index contributed by atoms with van der Waals surface area (Å²) in [6.45, 7) is 6.72. The summed E-state index contributed by atoms with van der Waals surface area (Å²) in [7, 11) is 5.07. The minimum absolute atomic E-state index is 0.0528. The molecule has 1 heterocycles. The summed E-state index contributed by atoms with van der Waals surface area (Å²) in [4.78, 5) is 16.5. The van der Waals surface area contributed by atoms with Crippen molar-refractivity contribution in [2.75, 3.05) is 21.3 Å². The van der Waals surface area contributed by atoms with Gasteiger partial charge >= 0.3 is 0 Å². The zero-order valence-corrected chi connectivity index (χ0v) is 16.0. The van der Waals surface area contributed by atoms with Crippen molar-refractivity contribution in [3.63, 3.8) is 0 Å². The van der Waals surface area contributed by atoms with Crippen LogP contribution in [0.3, 0.4) is 0 Å². The van der Waals surface area contributed by atoms with Gasteiger partial charge in [-0.2, -0.15) is 0 Å². The number of carbonyl (C=O) groups is 1. The van der Waals surface area contributed by atoms with E-state index in [1.165, 1.54) is 10.4 Å². The van der Waals surface area contributed by atoms with Crippen LogP contribution in [0.5, 0.6) is 11.5 Å². The SMILES string of the molecule is CCc1sc(C(=O)N(C)Cc2cc(OC)c(OC)cc2C)cc1C. The van der Waals surface area contributed by atoms with Crippen LogP contribution in [-0.4, -0.2) is 32.1 Å². The van der Waals surface area contributed by atoms with E-state index < -0.39 is 0 Å². The first-order valence-electron chi connectivity index (χ1n) is 7.97. The van der Waals surface area contributed by atoms with Crippen molar-refractivity contribution >= 4 is 17.2 Å². The molecule has 24 heavy (non-hydrogen) atoms. The third kappa shape index (κ3) is 3.73. The number of benzene rings is 1. The fourth-order valence-electron chi connectivity index (χ4n) is 2.68. The van der Waals surface area contributed by atoms with Gasteiger partial charge in [-0.05, 0) is 55.2 Å². The number of rotatable bonds is 6. The molecular formula is C19H25NO3S. The molecule has 0 fully saturated rings. The molecule has 1 aromatic heterocycles. The molecule has 1 amide bonds. The summed E-state index contributed by atoms with van der Waals surface area (Å²) in [6.07, 6.45) is 0.961. The maximum Gasteiger partial charge on any atom is 0.263 e. The van der Waals surface area contributed by atoms with Crippen molar-refractivity contribution in [2.45, 2.75) is 33.7 Å². The first-order chi connectivity index (χ1) is 11.4. The number of amides is 1. The lowest BCUT2D eigenvalue weighted by atomic mass is 10.1. The molecule has 0 aliphatic rings. The van der Waals surface area contributed by atoms with Crippen molar-refractivity contribution in [3.8, 4) is 11.5 Å². The van der Waals surface area contributed by atoms with Crippen molar-refractivity contribution in [3.05, 3.63) is 44.6 Å². The third-order valence-corrected chi connectivity index (χ3v) is 5.52. The molecule has 0 aliphatic heterocycles. The first-order valence-corrected chi connectivity index (χ1v) is 8.79. The zero-order chi connectivity index (χ0) is 17.9. The molecule has 4 nitrogen and oxygen atoms in total. The standard InChI is InChI=1S/C19H25NO3S/c1-7-17-13(3)9-18(24-17)19(21)20(4)11-14-10-16(23-6)15(22-5)8-12(14)2/h8-10H,7,11H2,1-6H3. The van der Waals surface area contributed by atoms with E-state index in [0.29, 0.717) is 18.0 Å². The summed E-state index contributed by atoms with van der Waals surface area (Å²) < 4.78 is 10.7. The van der Waals surface area contributed by atoms with Crippen molar-refractivity contribution in [2.24, 2.45) is 0 Å². The largest absolute Gasteiger partial charge is 0.493 e. The van der Waals surface area contributed by atoms with Gasteiger partial charge in [-0.3, -0.25) is 4.79 Å². The molecule has 1 aromatic carbocycles. The van der Waals surface area contributed by atoms with Crippen molar-refractivity contribution in [1.82, 2.24) is 4.90 Å². The Bertz CT molecular complexity index is 736. The van der Waals surface area contributed by atoms with Crippen LogP contribution in [0.2, 0.25) is 0 Å². The zero-order valence-electron chi connectivity index (χ0n) is 15.2. The van der Waals surface area contributed by atoms with Gasteiger partial charge in [0.25, 0.3) is 5.91 Å². The Hall–Kier alpha value is -2.01. The molecule has 0 bridgehead atoms. The molecular weight excluding hydrogens is 322 g/mol. The summed E-state index contributed by atoms with van der Waals surface area (Å²) in [5, 5.41) is 0. The summed E-state index contributed by atoms with van der Waals surface area (Å²) in [5.74, 6) is 1.44. The fraction of sp³-hybridized carbons (Fsp3) is 0.421. The second-order valence-electron chi connectivity index (χ2n) is 5.87. The first kappa shape index (κ1) is 18.3. The molecule has 0 atom stereocenters. The van der Waals surface area contributed by atoms with E-state index in [2.05, 4.69) is 13.8 Å². The van der Waals surface area contributed by atoms with E-state index >= 15 is 0 Å². The lowest BCUT2D eigenvalue weighted by molar-refractivity contribution is 0.0789.